The molecule has 0 amide bonds. The fourth-order valence-corrected chi connectivity index (χ4v) is 4.20. The van der Waals surface area contributed by atoms with Crippen molar-refractivity contribution < 1.29 is 0 Å². The first-order valence-corrected chi connectivity index (χ1v) is 11.1. The van der Waals surface area contributed by atoms with E-state index >= 15 is 0 Å². The number of hydrogen-bond acceptors (Lipinski definition) is 5. The van der Waals surface area contributed by atoms with Gasteiger partial charge in [-0.2, -0.15) is 0 Å². The van der Waals surface area contributed by atoms with Gasteiger partial charge in [0.15, 0.2) is 5.82 Å². The minimum absolute atomic E-state index is 0.0517. The monoisotopic (exact) mass is 431 g/mol. The van der Waals surface area contributed by atoms with Crippen molar-refractivity contribution in [1.29, 1.82) is 0 Å². The summed E-state index contributed by atoms with van der Waals surface area (Å²) >= 11 is 0. The number of tetrazole rings is 1. The molecule has 3 heterocycles. The molecule has 0 saturated carbocycles. The summed E-state index contributed by atoms with van der Waals surface area (Å²) in [6.45, 7) is 8.85. The minimum atomic E-state index is 0.0517. The molecular formula is C24H29N7O. The number of nitrogens with one attached hydrogen (secondary N) is 1. The van der Waals surface area contributed by atoms with Crippen LogP contribution in [0.25, 0.3) is 22.6 Å². The zero-order valence-electron chi connectivity index (χ0n) is 19.0. The second kappa shape index (κ2) is 9.30. The molecular weight excluding hydrogens is 402 g/mol. The van der Waals surface area contributed by atoms with Gasteiger partial charge in [-0.25, -0.2) is 9.89 Å². The van der Waals surface area contributed by atoms with Crippen LogP contribution < -0.4 is 5.69 Å². The molecule has 0 aliphatic carbocycles. The van der Waals surface area contributed by atoms with Crippen LogP contribution in [0.1, 0.15) is 56.6 Å². The third-order valence-corrected chi connectivity index (χ3v) is 5.79. The van der Waals surface area contributed by atoms with Crippen molar-refractivity contribution in [3.8, 4) is 22.6 Å². The molecule has 166 valence electrons. The Bertz CT molecular complexity index is 1230. The highest BCUT2D eigenvalue weighted by atomic mass is 16.1. The van der Waals surface area contributed by atoms with Crippen molar-refractivity contribution in [1.82, 2.24) is 34.7 Å². The number of rotatable bonds is 8. The van der Waals surface area contributed by atoms with Gasteiger partial charge in [0, 0.05) is 34.8 Å². The summed E-state index contributed by atoms with van der Waals surface area (Å²) in [4.78, 5) is 17.9. The van der Waals surface area contributed by atoms with Crippen LogP contribution in [0.2, 0.25) is 0 Å². The van der Waals surface area contributed by atoms with Gasteiger partial charge in [-0.1, -0.05) is 43.7 Å². The van der Waals surface area contributed by atoms with Crippen LogP contribution in [-0.2, 0) is 13.0 Å². The van der Waals surface area contributed by atoms with Gasteiger partial charge in [-0.3, -0.25) is 14.1 Å². The Kier molecular flexibility index (Phi) is 6.30. The first-order chi connectivity index (χ1) is 15.5. The maximum absolute atomic E-state index is 13.2. The van der Waals surface area contributed by atoms with E-state index in [9.17, 15) is 4.79 Å². The topological polar surface area (TPSA) is 94.3 Å². The fraction of sp³-hybridized carbons (Fsp3) is 0.375. The summed E-state index contributed by atoms with van der Waals surface area (Å²) in [5.74, 6) is 0.601. The molecule has 0 spiro atoms. The van der Waals surface area contributed by atoms with Crippen molar-refractivity contribution in [3.63, 3.8) is 0 Å². The van der Waals surface area contributed by atoms with Crippen LogP contribution in [0.4, 0.5) is 0 Å². The van der Waals surface area contributed by atoms with Gasteiger partial charge in [0.25, 0.3) is 0 Å². The molecule has 8 heteroatoms. The lowest BCUT2D eigenvalue weighted by Crippen LogP contribution is -2.27. The van der Waals surface area contributed by atoms with E-state index in [1.807, 2.05) is 51.7 Å². The molecule has 4 aromatic rings. The second-order valence-electron chi connectivity index (χ2n) is 8.32. The summed E-state index contributed by atoms with van der Waals surface area (Å²) in [7, 11) is 0. The third kappa shape index (κ3) is 4.12. The van der Waals surface area contributed by atoms with Gasteiger partial charge < -0.3 is 0 Å². The van der Waals surface area contributed by atoms with Gasteiger partial charge >= 0.3 is 5.69 Å². The van der Waals surface area contributed by atoms with E-state index in [0.717, 1.165) is 53.0 Å². The highest BCUT2D eigenvalue weighted by molar-refractivity contribution is 5.78. The molecule has 0 aliphatic rings. The van der Waals surface area contributed by atoms with E-state index in [4.69, 9.17) is 4.98 Å². The smallest absolute Gasteiger partial charge is 0.294 e. The van der Waals surface area contributed by atoms with E-state index in [1.54, 1.807) is 0 Å². The maximum Gasteiger partial charge on any atom is 0.329 e. The number of aromatic amines is 1. The van der Waals surface area contributed by atoms with Crippen molar-refractivity contribution in [2.45, 2.75) is 59.5 Å². The Morgan fingerprint density at radius 2 is 1.88 bits per heavy atom. The number of imidazole rings is 1. The van der Waals surface area contributed by atoms with Crippen LogP contribution in [0, 0.1) is 6.92 Å². The number of nitrogens with zero attached hydrogens (tertiary/aromatic N) is 6. The largest absolute Gasteiger partial charge is 0.329 e. The molecule has 0 unspecified atom stereocenters. The molecule has 32 heavy (non-hydrogen) atoms. The summed E-state index contributed by atoms with van der Waals surface area (Å²) in [5.41, 5.74) is 5.90. The molecule has 0 saturated heterocycles. The van der Waals surface area contributed by atoms with Crippen molar-refractivity contribution >= 4 is 0 Å². The molecule has 1 aromatic carbocycles. The quantitative estimate of drug-likeness (QED) is 0.452. The lowest BCUT2D eigenvalue weighted by atomic mass is 10.0. The SMILES string of the molecule is CCCCc1c(C)n(C(C)C)c(=O)n1Cc1ccc(-c2ccccc2-c2nnn[nH]2)nc1. The Morgan fingerprint density at radius 1 is 1.09 bits per heavy atom. The number of hydrogen-bond donors (Lipinski definition) is 1. The lowest BCUT2D eigenvalue weighted by molar-refractivity contribution is 0.550. The predicted octanol–water partition coefficient (Wildman–Crippen LogP) is 4.17. The van der Waals surface area contributed by atoms with Crippen molar-refractivity contribution in [2.24, 2.45) is 0 Å². The molecule has 0 fully saturated rings. The Labute approximate surface area is 187 Å². The number of benzene rings is 1. The summed E-state index contributed by atoms with van der Waals surface area (Å²) in [6.07, 6.45) is 4.91. The van der Waals surface area contributed by atoms with E-state index in [2.05, 4.69) is 48.3 Å². The first-order valence-electron chi connectivity index (χ1n) is 11.1. The fourth-order valence-electron chi connectivity index (χ4n) is 4.20. The third-order valence-electron chi connectivity index (χ3n) is 5.79. The van der Waals surface area contributed by atoms with Crippen LogP contribution in [0.5, 0.6) is 0 Å². The predicted molar refractivity (Wildman–Crippen MR) is 124 cm³/mol. The first kappa shape index (κ1) is 21.7. The Balaban J connectivity index is 1.66. The average molecular weight is 432 g/mol. The van der Waals surface area contributed by atoms with Crippen LogP contribution in [-0.4, -0.2) is 34.7 Å². The Morgan fingerprint density at radius 3 is 2.50 bits per heavy atom. The number of pyridine rings is 1. The summed E-state index contributed by atoms with van der Waals surface area (Å²) in [6, 6.07) is 12.0. The van der Waals surface area contributed by atoms with E-state index in [-0.39, 0.29) is 11.7 Å². The highest BCUT2D eigenvalue weighted by Crippen LogP contribution is 2.28. The van der Waals surface area contributed by atoms with Crippen LogP contribution in [0.15, 0.2) is 47.4 Å². The lowest BCUT2D eigenvalue weighted by Gasteiger charge is -2.10. The highest BCUT2D eigenvalue weighted by Gasteiger charge is 2.18. The van der Waals surface area contributed by atoms with E-state index in [1.165, 1.54) is 0 Å². The summed E-state index contributed by atoms with van der Waals surface area (Å²) < 4.78 is 3.81. The molecule has 3 aromatic heterocycles. The standard InChI is InChI=1S/C24H29N7O/c1-5-6-11-22-17(4)31(16(2)3)24(32)30(22)15-18-12-13-21(25-14-18)19-9-7-8-10-20(19)23-26-28-29-27-23/h7-10,12-14,16H,5-6,11,15H2,1-4H3,(H,26,27,28,29). The maximum atomic E-state index is 13.2. The molecule has 8 nitrogen and oxygen atoms in total. The van der Waals surface area contributed by atoms with Gasteiger partial charge in [0.05, 0.1) is 12.2 Å². The summed E-state index contributed by atoms with van der Waals surface area (Å²) in [5, 5.41) is 14.2. The van der Waals surface area contributed by atoms with Crippen molar-refractivity contribution in [3.05, 3.63) is 70.0 Å². The number of aromatic nitrogens is 7. The van der Waals surface area contributed by atoms with Gasteiger partial charge in [-0.15, -0.1) is 5.10 Å². The molecule has 1 N–H and O–H groups in total. The molecule has 0 radical (unpaired) electrons. The normalized spacial score (nSPS) is 11.4. The van der Waals surface area contributed by atoms with E-state index in [0.29, 0.717) is 12.4 Å². The van der Waals surface area contributed by atoms with Gasteiger partial charge in [0.1, 0.15) is 0 Å². The van der Waals surface area contributed by atoms with Crippen molar-refractivity contribution in [2.75, 3.05) is 0 Å². The number of H-pyrrole nitrogens is 1. The average Bonchev–Trinajstić information content (AvgIpc) is 3.40. The van der Waals surface area contributed by atoms with E-state index < -0.39 is 0 Å². The molecule has 0 aliphatic heterocycles. The number of unbranched alkanes of at least 4 members (excludes halogenated alkanes) is 1. The van der Waals surface area contributed by atoms with Crippen LogP contribution in [0.3, 0.4) is 0 Å². The Hall–Kier alpha value is -3.55. The molecule has 0 bridgehead atoms. The molecule has 4 rings (SSSR count). The molecule has 0 atom stereocenters. The van der Waals surface area contributed by atoms with Gasteiger partial charge in [-0.05, 0) is 55.7 Å². The second-order valence-corrected chi connectivity index (χ2v) is 8.32. The zero-order valence-corrected chi connectivity index (χ0v) is 19.0. The van der Waals surface area contributed by atoms with Crippen LogP contribution >= 0.6 is 0 Å². The minimum Gasteiger partial charge on any atom is -0.294 e. The van der Waals surface area contributed by atoms with Gasteiger partial charge in [0.2, 0.25) is 0 Å². The zero-order chi connectivity index (χ0) is 22.7.